The number of pyridine rings is 1. The van der Waals surface area contributed by atoms with Gasteiger partial charge >= 0.3 is 6.09 Å². The predicted octanol–water partition coefficient (Wildman–Crippen LogP) is 5.11. The lowest BCUT2D eigenvalue weighted by Gasteiger charge is -2.15. The fourth-order valence-corrected chi connectivity index (χ4v) is 4.30. The standard InChI is InChI=1S/C28H22FN3O3/c29-24-14-15-25(32-26(24)18-8-2-1-3-9-18)27(33)30-17-31-28(34)35-16-23-21-12-6-4-10-19(21)20-11-5-7-13-22(20)23/h1-15,23H,16-17H2,(H,30,33)(H,31,34). The van der Waals surface area contributed by atoms with Crippen LogP contribution in [0.4, 0.5) is 9.18 Å². The van der Waals surface area contributed by atoms with Gasteiger partial charge in [-0.1, -0.05) is 78.9 Å². The van der Waals surface area contributed by atoms with Crippen molar-refractivity contribution in [1.29, 1.82) is 0 Å². The van der Waals surface area contributed by atoms with Gasteiger partial charge in [-0.3, -0.25) is 4.79 Å². The summed E-state index contributed by atoms with van der Waals surface area (Å²) in [6.45, 7) is 0.0169. The van der Waals surface area contributed by atoms with E-state index < -0.39 is 17.8 Å². The Morgan fingerprint density at radius 1 is 0.800 bits per heavy atom. The van der Waals surface area contributed by atoms with Crippen molar-refractivity contribution in [2.75, 3.05) is 13.3 Å². The molecule has 35 heavy (non-hydrogen) atoms. The van der Waals surface area contributed by atoms with Crippen LogP contribution in [0.15, 0.2) is 91.0 Å². The number of alkyl carbamates (subject to hydrolysis) is 1. The zero-order chi connectivity index (χ0) is 24.2. The molecule has 0 unspecified atom stereocenters. The third-order valence-corrected chi connectivity index (χ3v) is 5.95. The number of carbonyl (C=O) groups excluding carboxylic acids is 2. The molecule has 4 aromatic rings. The first-order valence-electron chi connectivity index (χ1n) is 11.2. The highest BCUT2D eigenvalue weighted by Gasteiger charge is 2.29. The number of hydrogen-bond acceptors (Lipinski definition) is 4. The molecule has 0 aliphatic heterocycles. The molecule has 174 valence electrons. The van der Waals surface area contributed by atoms with Gasteiger partial charge in [-0.15, -0.1) is 0 Å². The number of rotatable bonds is 6. The number of benzene rings is 3. The molecule has 6 nitrogen and oxygen atoms in total. The van der Waals surface area contributed by atoms with Crippen molar-refractivity contribution < 1.29 is 18.7 Å². The van der Waals surface area contributed by atoms with E-state index in [2.05, 4.69) is 27.8 Å². The summed E-state index contributed by atoms with van der Waals surface area (Å²) in [5.41, 5.74) is 5.22. The van der Waals surface area contributed by atoms with Crippen molar-refractivity contribution in [3.63, 3.8) is 0 Å². The summed E-state index contributed by atoms with van der Waals surface area (Å²) in [7, 11) is 0. The van der Waals surface area contributed by atoms with Gasteiger partial charge in [-0.25, -0.2) is 14.2 Å². The van der Waals surface area contributed by atoms with Gasteiger partial charge in [0.05, 0.1) is 6.67 Å². The molecule has 7 heteroatoms. The maximum atomic E-state index is 14.2. The Hall–Kier alpha value is -4.52. The first-order valence-corrected chi connectivity index (χ1v) is 11.2. The first kappa shape index (κ1) is 22.3. The quantitative estimate of drug-likeness (QED) is 0.386. The lowest BCUT2D eigenvalue weighted by Crippen LogP contribution is -2.38. The van der Waals surface area contributed by atoms with Gasteiger partial charge in [-0.2, -0.15) is 0 Å². The summed E-state index contributed by atoms with van der Waals surface area (Å²) in [6, 6.07) is 27.4. The molecule has 1 aliphatic rings. The molecule has 0 radical (unpaired) electrons. The number of nitrogens with zero attached hydrogens (tertiary/aromatic N) is 1. The van der Waals surface area contributed by atoms with E-state index in [0.717, 1.165) is 22.3 Å². The molecule has 0 spiro atoms. The van der Waals surface area contributed by atoms with E-state index in [4.69, 9.17) is 4.74 Å². The molecule has 0 saturated carbocycles. The second-order valence-corrected chi connectivity index (χ2v) is 8.08. The van der Waals surface area contributed by atoms with Crippen LogP contribution in [0.3, 0.4) is 0 Å². The Morgan fingerprint density at radius 3 is 2.11 bits per heavy atom. The van der Waals surface area contributed by atoms with Gasteiger partial charge in [0.25, 0.3) is 5.91 Å². The molecule has 0 saturated heterocycles. The van der Waals surface area contributed by atoms with E-state index in [1.54, 1.807) is 24.3 Å². The van der Waals surface area contributed by atoms with Crippen LogP contribution in [0.1, 0.15) is 27.5 Å². The highest BCUT2D eigenvalue weighted by atomic mass is 19.1. The van der Waals surface area contributed by atoms with Crippen molar-refractivity contribution in [2.24, 2.45) is 0 Å². The molecule has 0 atom stereocenters. The Labute approximate surface area is 201 Å². The summed E-state index contributed by atoms with van der Waals surface area (Å²) in [5, 5.41) is 5.07. The lowest BCUT2D eigenvalue weighted by atomic mass is 9.98. The smallest absolute Gasteiger partial charge is 0.408 e. The van der Waals surface area contributed by atoms with Gasteiger partial charge in [0.1, 0.15) is 23.8 Å². The molecule has 0 fully saturated rings. The number of nitrogens with one attached hydrogen (secondary N) is 2. The zero-order valence-electron chi connectivity index (χ0n) is 18.7. The minimum Gasteiger partial charge on any atom is -0.449 e. The second-order valence-electron chi connectivity index (χ2n) is 8.08. The number of hydrogen-bond donors (Lipinski definition) is 2. The molecule has 1 aliphatic carbocycles. The molecule has 1 heterocycles. The van der Waals surface area contributed by atoms with E-state index in [9.17, 15) is 14.0 Å². The third kappa shape index (κ3) is 4.61. The summed E-state index contributed by atoms with van der Waals surface area (Å²) in [6.07, 6.45) is -0.649. The third-order valence-electron chi connectivity index (χ3n) is 5.95. The van der Waals surface area contributed by atoms with Crippen LogP contribution < -0.4 is 10.6 Å². The minimum atomic E-state index is -0.649. The van der Waals surface area contributed by atoms with Crippen molar-refractivity contribution in [2.45, 2.75) is 5.92 Å². The number of fused-ring (bicyclic) bond motifs is 3. The second kappa shape index (κ2) is 9.77. The van der Waals surface area contributed by atoms with Gasteiger partial charge in [0.2, 0.25) is 0 Å². The number of carbonyl (C=O) groups is 2. The van der Waals surface area contributed by atoms with Gasteiger partial charge in [0, 0.05) is 11.5 Å². The van der Waals surface area contributed by atoms with Crippen LogP contribution in [0.5, 0.6) is 0 Å². The Bertz CT molecular complexity index is 1350. The van der Waals surface area contributed by atoms with Crippen LogP contribution in [-0.2, 0) is 4.74 Å². The normalized spacial score (nSPS) is 11.9. The zero-order valence-corrected chi connectivity index (χ0v) is 18.7. The van der Waals surface area contributed by atoms with Gasteiger partial charge < -0.3 is 15.4 Å². The van der Waals surface area contributed by atoms with Crippen molar-refractivity contribution in [1.82, 2.24) is 15.6 Å². The predicted molar refractivity (Wildman–Crippen MR) is 130 cm³/mol. The molecule has 3 aromatic carbocycles. The monoisotopic (exact) mass is 467 g/mol. The number of ether oxygens (including phenoxy) is 1. The summed E-state index contributed by atoms with van der Waals surface area (Å²) in [4.78, 5) is 28.9. The largest absolute Gasteiger partial charge is 0.449 e. The summed E-state index contributed by atoms with van der Waals surface area (Å²) < 4.78 is 19.7. The van der Waals surface area contributed by atoms with Crippen molar-refractivity contribution in [3.05, 3.63) is 114 Å². The van der Waals surface area contributed by atoms with E-state index in [0.29, 0.717) is 5.56 Å². The highest BCUT2D eigenvalue weighted by Crippen LogP contribution is 2.44. The molecule has 5 rings (SSSR count). The molecule has 2 amide bonds. The molecule has 1 aromatic heterocycles. The fourth-order valence-electron chi connectivity index (χ4n) is 4.30. The Balaban J connectivity index is 1.16. The molecular weight excluding hydrogens is 445 g/mol. The first-order chi connectivity index (χ1) is 17.1. The van der Waals surface area contributed by atoms with E-state index in [1.165, 1.54) is 12.1 Å². The van der Waals surface area contributed by atoms with Gasteiger partial charge in [0.15, 0.2) is 0 Å². The van der Waals surface area contributed by atoms with Crippen LogP contribution in [0.2, 0.25) is 0 Å². The fraction of sp³-hybridized carbons (Fsp3) is 0.107. The van der Waals surface area contributed by atoms with Crippen LogP contribution in [-0.4, -0.2) is 30.3 Å². The average Bonchev–Trinajstić information content (AvgIpc) is 3.22. The summed E-state index contributed by atoms with van der Waals surface area (Å²) in [5.74, 6) is -1.12. The number of halogens is 1. The van der Waals surface area contributed by atoms with Crippen LogP contribution in [0.25, 0.3) is 22.4 Å². The van der Waals surface area contributed by atoms with E-state index >= 15 is 0 Å². The van der Waals surface area contributed by atoms with E-state index in [1.807, 2.05) is 42.5 Å². The average molecular weight is 468 g/mol. The van der Waals surface area contributed by atoms with Crippen LogP contribution >= 0.6 is 0 Å². The number of aromatic nitrogens is 1. The number of amides is 2. The Kier molecular flexibility index (Phi) is 6.22. The maximum Gasteiger partial charge on any atom is 0.408 e. The van der Waals surface area contributed by atoms with Crippen molar-refractivity contribution >= 4 is 12.0 Å². The summed E-state index contributed by atoms with van der Waals surface area (Å²) >= 11 is 0. The van der Waals surface area contributed by atoms with E-state index in [-0.39, 0.29) is 30.6 Å². The molecule has 2 N–H and O–H groups in total. The SMILES string of the molecule is O=C(NCNC(=O)c1ccc(F)c(-c2ccccc2)n1)OCC1c2ccccc2-c2ccccc21. The highest BCUT2D eigenvalue weighted by molar-refractivity contribution is 5.93. The van der Waals surface area contributed by atoms with Gasteiger partial charge in [-0.05, 0) is 34.4 Å². The molecular formula is C28H22FN3O3. The molecule has 0 bridgehead atoms. The topological polar surface area (TPSA) is 80.3 Å². The lowest BCUT2D eigenvalue weighted by molar-refractivity contribution is 0.0943. The maximum absolute atomic E-state index is 14.2. The van der Waals surface area contributed by atoms with Crippen LogP contribution in [0, 0.1) is 5.82 Å². The minimum absolute atomic E-state index is 0.0413. The Morgan fingerprint density at radius 2 is 1.43 bits per heavy atom. The van der Waals surface area contributed by atoms with Crippen molar-refractivity contribution in [3.8, 4) is 22.4 Å².